The molecule has 1 N–H and O–H groups in total. The van der Waals surface area contributed by atoms with Crippen LogP contribution in [0.15, 0.2) is 42.5 Å². The van der Waals surface area contributed by atoms with Crippen LogP contribution in [0.4, 0.5) is 15.8 Å². The van der Waals surface area contributed by atoms with Crippen LogP contribution in [-0.2, 0) is 4.79 Å². The summed E-state index contributed by atoms with van der Waals surface area (Å²) in [7, 11) is 2.08. The van der Waals surface area contributed by atoms with Crippen LogP contribution in [0.2, 0.25) is 0 Å². The number of piperazine rings is 1. The number of nitrogens with one attached hydrogen (secondary N) is 1. The molecule has 0 bridgehead atoms. The Kier molecular flexibility index (Phi) is 5.72. The third-order valence-corrected chi connectivity index (χ3v) is 3.61. The van der Waals surface area contributed by atoms with Gasteiger partial charge >= 0.3 is 0 Å². The maximum absolute atomic E-state index is 13.5. The minimum absolute atomic E-state index is 0.265. The molecule has 0 unspecified atom stereocenters. The topological polar surface area (TPSA) is 35.6 Å². The Morgan fingerprint density at radius 1 is 1.23 bits per heavy atom. The van der Waals surface area contributed by atoms with Gasteiger partial charge in [-0.1, -0.05) is 18.2 Å². The molecule has 1 aliphatic rings. The highest BCUT2D eigenvalue weighted by Gasteiger charge is 2.18. The average molecular weight is 303 g/mol. The second-order valence-electron chi connectivity index (χ2n) is 5.33. The van der Waals surface area contributed by atoms with Crippen molar-refractivity contribution in [2.24, 2.45) is 0 Å². The standard InChI is InChI=1S/C17H22FN3O/c1-3-4-5-6-17(22)19-15-13-14(18)7-8-16(15)21-11-9-20(2)10-12-21/h3-8,13H,9-12H2,1-2H3,(H,19,22)/b4-3+,6-5+. The molecule has 1 aromatic carbocycles. The van der Waals surface area contributed by atoms with Crippen LogP contribution in [0.25, 0.3) is 0 Å². The molecule has 1 saturated heterocycles. The van der Waals surface area contributed by atoms with Gasteiger partial charge in [0.1, 0.15) is 5.82 Å². The van der Waals surface area contributed by atoms with Crippen molar-refractivity contribution in [2.45, 2.75) is 6.92 Å². The predicted octanol–water partition coefficient (Wildman–Crippen LogP) is 2.65. The summed E-state index contributed by atoms with van der Waals surface area (Å²) < 4.78 is 13.5. The second-order valence-corrected chi connectivity index (χ2v) is 5.33. The van der Waals surface area contributed by atoms with Crippen molar-refractivity contribution < 1.29 is 9.18 Å². The first-order valence-electron chi connectivity index (χ1n) is 7.43. The number of carbonyl (C=O) groups is 1. The van der Waals surface area contributed by atoms with Crippen molar-refractivity contribution >= 4 is 17.3 Å². The highest BCUT2D eigenvalue weighted by atomic mass is 19.1. The maximum atomic E-state index is 13.5. The van der Waals surface area contributed by atoms with Gasteiger partial charge in [0.2, 0.25) is 5.91 Å². The third-order valence-electron chi connectivity index (χ3n) is 3.61. The van der Waals surface area contributed by atoms with E-state index in [1.165, 1.54) is 18.2 Å². The molecule has 1 fully saturated rings. The number of anilines is 2. The minimum atomic E-state index is -0.356. The second kappa shape index (κ2) is 7.75. The lowest BCUT2D eigenvalue weighted by Gasteiger charge is -2.35. The van der Waals surface area contributed by atoms with E-state index in [2.05, 4.69) is 22.2 Å². The summed E-state index contributed by atoms with van der Waals surface area (Å²) in [5.41, 5.74) is 1.38. The van der Waals surface area contributed by atoms with Gasteiger partial charge in [-0.25, -0.2) is 4.39 Å². The van der Waals surface area contributed by atoms with Crippen molar-refractivity contribution in [3.05, 3.63) is 48.3 Å². The van der Waals surface area contributed by atoms with Gasteiger partial charge in [0, 0.05) is 32.3 Å². The van der Waals surface area contributed by atoms with E-state index in [1.54, 1.807) is 18.2 Å². The normalized spacial score (nSPS) is 16.6. The predicted molar refractivity (Wildman–Crippen MR) is 88.7 cm³/mol. The van der Waals surface area contributed by atoms with E-state index in [1.807, 2.05) is 13.0 Å². The quantitative estimate of drug-likeness (QED) is 0.686. The van der Waals surface area contributed by atoms with Crippen molar-refractivity contribution in [2.75, 3.05) is 43.4 Å². The number of hydrogen-bond acceptors (Lipinski definition) is 3. The zero-order valence-electron chi connectivity index (χ0n) is 13.1. The SMILES string of the molecule is C/C=C/C=C/C(=O)Nc1cc(F)ccc1N1CCN(C)CC1. The van der Waals surface area contributed by atoms with Gasteiger partial charge in [-0.3, -0.25) is 4.79 Å². The van der Waals surface area contributed by atoms with Crippen LogP contribution in [0.1, 0.15) is 6.92 Å². The Balaban J connectivity index is 2.15. The first kappa shape index (κ1) is 16.2. The van der Waals surface area contributed by atoms with Crippen LogP contribution in [0.5, 0.6) is 0 Å². The lowest BCUT2D eigenvalue weighted by atomic mass is 10.2. The van der Waals surface area contributed by atoms with Gasteiger partial charge in [-0.15, -0.1) is 0 Å². The molecule has 1 heterocycles. The van der Waals surface area contributed by atoms with Crippen LogP contribution < -0.4 is 10.2 Å². The molecule has 1 amide bonds. The molecular formula is C17H22FN3O. The smallest absolute Gasteiger partial charge is 0.248 e. The monoisotopic (exact) mass is 303 g/mol. The molecule has 1 aromatic rings. The third kappa shape index (κ3) is 4.43. The number of rotatable bonds is 4. The number of hydrogen-bond donors (Lipinski definition) is 1. The van der Waals surface area contributed by atoms with Gasteiger partial charge in [0.05, 0.1) is 11.4 Å². The van der Waals surface area contributed by atoms with Gasteiger partial charge in [-0.05, 0) is 32.2 Å². The highest BCUT2D eigenvalue weighted by molar-refractivity contribution is 6.01. The summed E-state index contributed by atoms with van der Waals surface area (Å²) in [5, 5.41) is 2.76. The summed E-state index contributed by atoms with van der Waals surface area (Å²) in [4.78, 5) is 16.3. The fourth-order valence-electron chi connectivity index (χ4n) is 2.36. The van der Waals surface area contributed by atoms with Crippen molar-refractivity contribution in [3.8, 4) is 0 Å². The van der Waals surface area contributed by atoms with Gasteiger partial charge in [-0.2, -0.15) is 0 Å². The van der Waals surface area contributed by atoms with E-state index in [-0.39, 0.29) is 11.7 Å². The Bertz CT molecular complexity index is 575. The van der Waals surface area contributed by atoms with E-state index in [0.717, 1.165) is 31.9 Å². The number of halogens is 1. The first-order valence-corrected chi connectivity index (χ1v) is 7.43. The van der Waals surface area contributed by atoms with Crippen LogP contribution in [-0.4, -0.2) is 44.0 Å². The van der Waals surface area contributed by atoms with Crippen LogP contribution in [0, 0.1) is 5.82 Å². The largest absolute Gasteiger partial charge is 0.367 e. The zero-order chi connectivity index (χ0) is 15.9. The highest BCUT2D eigenvalue weighted by Crippen LogP contribution is 2.27. The van der Waals surface area contributed by atoms with Crippen molar-refractivity contribution in [3.63, 3.8) is 0 Å². The summed E-state index contributed by atoms with van der Waals surface area (Å²) in [6.45, 7) is 5.50. The molecule has 0 aromatic heterocycles. The molecule has 5 heteroatoms. The first-order chi connectivity index (χ1) is 10.6. The zero-order valence-corrected chi connectivity index (χ0v) is 13.1. The molecule has 0 radical (unpaired) electrons. The molecular weight excluding hydrogens is 281 g/mol. The fourth-order valence-corrected chi connectivity index (χ4v) is 2.36. The molecule has 0 aliphatic carbocycles. The molecule has 4 nitrogen and oxygen atoms in total. The Hall–Kier alpha value is -2.14. The van der Waals surface area contributed by atoms with E-state index < -0.39 is 0 Å². The van der Waals surface area contributed by atoms with E-state index in [9.17, 15) is 9.18 Å². The molecule has 2 rings (SSSR count). The maximum Gasteiger partial charge on any atom is 0.248 e. The summed E-state index contributed by atoms with van der Waals surface area (Å²) >= 11 is 0. The number of nitrogens with zero attached hydrogens (tertiary/aromatic N) is 2. The summed E-state index contributed by atoms with van der Waals surface area (Å²) in [6, 6.07) is 4.53. The van der Waals surface area contributed by atoms with E-state index >= 15 is 0 Å². The van der Waals surface area contributed by atoms with Gasteiger partial charge in [0.15, 0.2) is 0 Å². The Morgan fingerprint density at radius 3 is 2.64 bits per heavy atom. The van der Waals surface area contributed by atoms with E-state index in [4.69, 9.17) is 0 Å². The number of benzene rings is 1. The fraction of sp³-hybridized carbons (Fsp3) is 0.353. The van der Waals surface area contributed by atoms with Gasteiger partial charge in [0.25, 0.3) is 0 Å². The van der Waals surface area contributed by atoms with Crippen molar-refractivity contribution in [1.82, 2.24) is 4.90 Å². The minimum Gasteiger partial charge on any atom is -0.367 e. The van der Waals surface area contributed by atoms with Crippen LogP contribution >= 0.6 is 0 Å². The molecule has 1 aliphatic heterocycles. The molecule has 118 valence electrons. The van der Waals surface area contributed by atoms with E-state index in [0.29, 0.717) is 5.69 Å². The van der Waals surface area contributed by atoms with Crippen LogP contribution in [0.3, 0.4) is 0 Å². The summed E-state index contributed by atoms with van der Waals surface area (Å²) in [5.74, 6) is -0.621. The number of allylic oxidation sites excluding steroid dienone is 3. The molecule has 0 spiro atoms. The molecule has 0 atom stereocenters. The lowest BCUT2D eigenvalue weighted by Crippen LogP contribution is -2.44. The lowest BCUT2D eigenvalue weighted by molar-refractivity contribution is -0.111. The van der Waals surface area contributed by atoms with Gasteiger partial charge < -0.3 is 15.1 Å². The molecule has 0 saturated carbocycles. The number of carbonyl (C=O) groups excluding carboxylic acids is 1. The number of amides is 1. The van der Waals surface area contributed by atoms with Crippen molar-refractivity contribution in [1.29, 1.82) is 0 Å². The Labute approximate surface area is 130 Å². The number of likely N-dealkylation sites (N-methyl/N-ethyl adjacent to an activating group) is 1. The Morgan fingerprint density at radius 2 is 1.95 bits per heavy atom. The summed E-state index contributed by atoms with van der Waals surface area (Å²) in [6.07, 6.45) is 6.69. The molecule has 22 heavy (non-hydrogen) atoms. The average Bonchev–Trinajstić information content (AvgIpc) is 2.49.